The van der Waals surface area contributed by atoms with Crippen molar-refractivity contribution < 1.29 is 10.0 Å². The summed E-state index contributed by atoms with van der Waals surface area (Å²) < 4.78 is 0. The lowest BCUT2D eigenvalue weighted by molar-refractivity contribution is 0.426. The van der Waals surface area contributed by atoms with Crippen molar-refractivity contribution in [3.8, 4) is 0 Å². The minimum Gasteiger partial charge on any atom is -0.423 e. The van der Waals surface area contributed by atoms with Crippen LogP contribution in [0.5, 0.6) is 0 Å². The lowest BCUT2D eigenvalue weighted by Crippen LogP contribution is -2.29. The van der Waals surface area contributed by atoms with Crippen LogP contribution in [0, 0.1) is 5.41 Å². The molecule has 0 fully saturated rings. The van der Waals surface area contributed by atoms with Gasteiger partial charge in [-0.15, -0.1) is 0 Å². The van der Waals surface area contributed by atoms with Crippen LogP contribution in [0.2, 0.25) is 0 Å². The SMILES string of the molecule is OB(O)c1cccc(C2=CC3(C4=CCCC=C4)C=C3C(c3ccccc3)=N2)c1. The number of rotatable bonds is 4. The monoisotopic (exact) mass is 365 g/mol. The van der Waals surface area contributed by atoms with Crippen LogP contribution in [0.15, 0.2) is 101 Å². The zero-order chi connectivity index (χ0) is 19.1. The second-order valence-corrected chi connectivity index (χ2v) is 7.42. The lowest BCUT2D eigenvalue weighted by atomic mass is 9.78. The molecule has 5 rings (SSSR count). The molecule has 0 spiro atoms. The van der Waals surface area contributed by atoms with Crippen molar-refractivity contribution in [3.63, 3.8) is 0 Å². The summed E-state index contributed by atoms with van der Waals surface area (Å²) in [5.74, 6) is 0. The molecule has 0 amide bonds. The molecule has 3 aliphatic rings. The summed E-state index contributed by atoms with van der Waals surface area (Å²) in [5.41, 5.74) is 6.65. The van der Waals surface area contributed by atoms with E-state index >= 15 is 0 Å². The van der Waals surface area contributed by atoms with Gasteiger partial charge in [-0.25, -0.2) is 4.99 Å². The molecular formula is C24H20BNO2. The van der Waals surface area contributed by atoms with Gasteiger partial charge in [0.2, 0.25) is 0 Å². The van der Waals surface area contributed by atoms with E-state index < -0.39 is 7.12 Å². The molecule has 2 aliphatic carbocycles. The van der Waals surface area contributed by atoms with Gasteiger partial charge in [0.25, 0.3) is 0 Å². The van der Waals surface area contributed by atoms with E-state index in [1.165, 1.54) is 11.1 Å². The normalized spacial score (nSPS) is 22.5. The van der Waals surface area contributed by atoms with Gasteiger partial charge in [-0.2, -0.15) is 0 Å². The molecule has 0 radical (unpaired) electrons. The zero-order valence-electron chi connectivity index (χ0n) is 15.4. The maximum absolute atomic E-state index is 9.56. The van der Waals surface area contributed by atoms with Gasteiger partial charge in [0.15, 0.2) is 0 Å². The Labute approximate surface area is 164 Å². The van der Waals surface area contributed by atoms with E-state index in [0.29, 0.717) is 5.46 Å². The Morgan fingerprint density at radius 1 is 0.893 bits per heavy atom. The van der Waals surface area contributed by atoms with Crippen LogP contribution in [0.3, 0.4) is 0 Å². The first-order valence-electron chi connectivity index (χ1n) is 9.62. The minimum absolute atomic E-state index is 0.201. The van der Waals surface area contributed by atoms with Gasteiger partial charge in [0, 0.05) is 5.56 Å². The third kappa shape index (κ3) is 2.82. The van der Waals surface area contributed by atoms with Crippen molar-refractivity contribution in [1.82, 2.24) is 0 Å². The molecule has 0 bridgehead atoms. The van der Waals surface area contributed by atoms with Gasteiger partial charge in [0.05, 0.1) is 16.8 Å². The number of fused-ring (bicyclic) bond motifs is 1. The first-order valence-corrected chi connectivity index (χ1v) is 9.62. The van der Waals surface area contributed by atoms with E-state index in [1.54, 1.807) is 12.1 Å². The van der Waals surface area contributed by atoms with Crippen molar-refractivity contribution in [3.05, 3.63) is 107 Å². The molecule has 28 heavy (non-hydrogen) atoms. The summed E-state index contributed by atoms with van der Waals surface area (Å²) in [7, 11) is -1.49. The molecule has 1 atom stereocenters. The van der Waals surface area contributed by atoms with E-state index in [2.05, 4.69) is 42.5 Å². The Bertz CT molecular complexity index is 1090. The van der Waals surface area contributed by atoms with E-state index in [1.807, 2.05) is 30.3 Å². The van der Waals surface area contributed by atoms with E-state index in [4.69, 9.17) is 4.99 Å². The van der Waals surface area contributed by atoms with Crippen molar-refractivity contribution in [2.24, 2.45) is 10.4 Å². The first kappa shape index (κ1) is 17.2. The van der Waals surface area contributed by atoms with Crippen LogP contribution in [0.4, 0.5) is 0 Å². The smallest absolute Gasteiger partial charge is 0.423 e. The summed E-state index contributed by atoms with van der Waals surface area (Å²) in [6, 6.07) is 17.6. The number of aliphatic imine (C=N–C) groups is 1. The number of nitrogens with zero attached hydrogens (tertiary/aromatic N) is 1. The Balaban J connectivity index is 1.64. The van der Waals surface area contributed by atoms with Gasteiger partial charge < -0.3 is 10.0 Å². The molecule has 2 aromatic rings. The van der Waals surface area contributed by atoms with Gasteiger partial charge in [-0.3, -0.25) is 0 Å². The molecule has 0 saturated heterocycles. The summed E-state index contributed by atoms with van der Waals surface area (Å²) in [4.78, 5) is 4.98. The van der Waals surface area contributed by atoms with Crippen LogP contribution >= 0.6 is 0 Å². The highest BCUT2D eigenvalue weighted by Gasteiger charge is 2.49. The molecule has 1 aliphatic heterocycles. The first-order chi connectivity index (χ1) is 13.7. The van der Waals surface area contributed by atoms with E-state index in [0.717, 1.165) is 35.4 Å². The third-order valence-corrected chi connectivity index (χ3v) is 5.59. The van der Waals surface area contributed by atoms with Gasteiger partial charge >= 0.3 is 7.12 Å². The van der Waals surface area contributed by atoms with Crippen molar-refractivity contribution >= 4 is 24.0 Å². The number of allylic oxidation sites excluding steroid dienone is 7. The average molecular weight is 365 g/mol. The van der Waals surface area contributed by atoms with E-state index in [-0.39, 0.29) is 5.41 Å². The maximum atomic E-state index is 9.56. The fraction of sp³-hybridized carbons (Fsp3) is 0.125. The predicted octanol–water partition coefficient (Wildman–Crippen LogP) is 3.41. The Morgan fingerprint density at radius 2 is 1.71 bits per heavy atom. The molecule has 1 heterocycles. The molecule has 0 saturated carbocycles. The predicted molar refractivity (Wildman–Crippen MR) is 114 cm³/mol. The molecule has 0 aromatic heterocycles. The highest BCUT2D eigenvalue weighted by atomic mass is 16.4. The Hall–Kier alpha value is -2.95. The summed E-state index contributed by atoms with van der Waals surface area (Å²) >= 11 is 0. The number of hydrogen-bond donors (Lipinski definition) is 2. The highest BCUT2D eigenvalue weighted by molar-refractivity contribution is 6.58. The zero-order valence-corrected chi connectivity index (χ0v) is 15.4. The molecule has 4 heteroatoms. The Kier molecular flexibility index (Phi) is 4.04. The molecule has 1 unspecified atom stereocenters. The molecular weight excluding hydrogens is 345 g/mol. The van der Waals surface area contributed by atoms with Crippen LogP contribution < -0.4 is 5.46 Å². The fourth-order valence-corrected chi connectivity index (χ4v) is 4.07. The van der Waals surface area contributed by atoms with Gasteiger partial charge in [0.1, 0.15) is 0 Å². The van der Waals surface area contributed by atoms with Crippen LogP contribution in [-0.2, 0) is 0 Å². The van der Waals surface area contributed by atoms with Crippen LogP contribution in [0.25, 0.3) is 5.70 Å². The number of hydrogen-bond acceptors (Lipinski definition) is 3. The van der Waals surface area contributed by atoms with Crippen LogP contribution in [-0.4, -0.2) is 22.9 Å². The van der Waals surface area contributed by atoms with Gasteiger partial charge in [-0.05, 0) is 41.1 Å². The van der Waals surface area contributed by atoms with Gasteiger partial charge in [-0.1, -0.05) is 78.9 Å². The lowest BCUT2D eigenvalue weighted by Gasteiger charge is -2.24. The third-order valence-electron chi connectivity index (χ3n) is 5.59. The summed E-state index contributed by atoms with van der Waals surface area (Å²) in [5, 5.41) is 19.1. The molecule has 136 valence electrons. The molecule has 2 N–H and O–H groups in total. The standard InChI is InChI=1S/C24H20BNO2/c27-25(28)20-13-7-10-18(14-20)22-16-24(19-11-5-2-6-12-19)15-21(24)23(26-22)17-8-3-1-4-9-17/h1,3-5,7-16,27-28H,2,6H2. The molecule has 2 aromatic carbocycles. The van der Waals surface area contributed by atoms with E-state index in [9.17, 15) is 10.0 Å². The van der Waals surface area contributed by atoms with Crippen LogP contribution in [0.1, 0.15) is 24.0 Å². The molecule has 3 nitrogen and oxygen atoms in total. The van der Waals surface area contributed by atoms with Crippen molar-refractivity contribution in [2.45, 2.75) is 12.8 Å². The minimum atomic E-state index is -1.49. The van der Waals surface area contributed by atoms with Crippen molar-refractivity contribution in [1.29, 1.82) is 0 Å². The average Bonchev–Trinajstić information content (AvgIpc) is 3.50. The maximum Gasteiger partial charge on any atom is 0.488 e. The topological polar surface area (TPSA) is 52.8 Å². The largest absolute Gasteiger partial charge is 0.488 e. The summed E-state index contributed by atoms with van der Waals surface area (Å²) in [6.45, 7) is 0. The summed E-state index contributed by atoms with van der Waals surface area (Å²) in [6.07, 6.45) is 13.4. The van der Waals surface area contributed by atoms with Crippen molar-refractivity contribution in [2.75, 3.05) is 0 Å². The fourth-order valence-electron chi connectivity index (χ4n) is 4.07. The highest BCUT2D eigenvalue weighted by Crippen LogP contribution is 2.57. The quantitative estimate of drug-likeness (QED) is 0.816. The Morgan fingerprint density at radius 3 is 2.46 bits per heavy atom. The second kappa shape index (κ2) is 6.59. The second-order valence-electron chi connectivity index (χ2n) is 7.42. The number of benzene rings is 2.